The average Bonchev–Trinajstić information content (AvgIpc) is 3.67. The summed E-state index contributed by atoms with van der Waals surface area (Å²) in [6, 6.07) is 21.2. The maximum absolute atomic E-state index is 15.4. The number of ketones is 1. The lowest BCUT2D eigenvalue weighted by Gasteiger charge is -2.37. The summed E-state index contributed by atoms with van der Waals surface area (Å²) in [5.74, 6) is 0.600. The average molecular weight is 893 g/mol. The lowest BCUT2D eigenvalue weighted by atomic mass is 9.88. The van der Waals surface area contributed by atoms with Crippen LogP contribution in [0.4, 0.5) is 15.9 Å². The molecule has 4 aliphatic rings. The fourth-order valence-electron chi connectivity index (χ4n) is 10.2. The van der Waals surface area contributed by atoms with Gasteiger partial charge in [-0.3, -0.25) is 33.8 Å². The number of hydrogen-bond donors (Lipinski definition) is 3. The highest BCUT2D eigenvalue weighted by atomic mass is 19.1. The monoisotopic (exact) mass is 892 g/mol. The SMILES string of the molecule is C/C(=C\c1c(-c2ccc(N)nc2)ccnc1C)C(C)N1CCC(c2ccc(C(=O)N3CCn4nc(CN5CCC(c6ccc(NC7CCC(=O)CNC7=O)cc6F)CC5)cc4C3)cc2)CC1. The Labute approximate surface area is 386 Å². The molecule has 7 heterocycles. The molecule has 2 atom stereocenters. The number of amides is 2. The van der Waals surface area contributed by atoms with Gasteiger partial charge in [0.1, 0.15) is 17.7 Å². The molecule has 5 aromatic rings. The molecule has 0 aliphatic carbocycles. The Balaban J connectivity index is 0.738. The van der Waals surface area contributed by atoms with Gasteiger partial charge in [0, 0.05) is 66.0 Å². The number of carbonyl (C=O) groups is 3. The van der Waals surface area contributed by atoms with Crippen molar-refractivity contribution >= 4 is 35.2 Å². The van der Waals surface area contributed by atoms with E-state index < -0.39 is 6.04 Å². The molecule has 0 spiro atoms. The molecule has 2 aromatic carbocycles. The third-order valence-electron chi connectivity index (χ3n) is 14.4. The Morgan fingerprint density at radius 2 is 1.70 bits per heavy atom. The standard InChI is InChI=1S/C52H61FN10O3/c1-33(26-47-34(2)55-19-14-45(47)40-8-13-50(54)56-29-40)35(3)61-22-17-37(18-23-61)36-4-6-39(7-5-36)52(66)62-24-25-63-43(32-62)27-42(59-63)31-60-20-15-38(16-21-60)46-11-9-41(28-48(46)53)58-49-12-10-44(64)30-57-51(49)65/h4-9,11,13-14,19,26-29,35,37-38,49,58H,10,12,15-18,20-25,30-32H2,1-3H3,(H2,54,56)(H,57,65)/b33-26+. The van der Waals surface area contributed by atoms with Crippen molar-refractivity contribution in [2.75, 3.05) is 50.3 Å². The van der Waals surface area contributed by atoms with Crippen LogP contribution in [0, 0.1) is 12.7 Å². The molecule has 13 nitrogen and oxygen atoms in total. The third kappa shape index (κ3) is 10.1. The molecule has 14 heteroatoms. The lowest BCUT2D eigenvalue weighted by Crippen LogP contribution is -2.40. The molecule has 3 saturated heterocycles. The molecule has 2 unspecified atom stereocenters. The zero-order valence-corrected chi connectivity index (χ0v) is 38.3. The van der Waals surface area contributed by atoms with Crippen LogP contribution in [0.5, 0.6) is 0 Å². The predicted molar refractivity (Wildman–Crippen MR) is 255 cm³/mol. The van der Waals surface area contributed by atoms with Crippen molar-refractivity contribution in [3.63, 3.8) is 0 Å². The number of nitrogens with two attached hydrogens (primary N) is 1. The summed E-state index contributed by atoms with van der Waals surface area (Å²) < 4.78 is 17.4. The Morgan fingerprint density at radius 3 is 2.44 bits per heavy atom. The second-order valence-corrected chi connectivity index (χ2v) is 18.7. The van der Waals surface area contributed by atoms with E-state index in [2.05, 4.69) is 75.4 Å². The van der Waals surface area contributed by atoms with E-state index in [4.69, 9.17) is 10.8 Å². The number of Topliss-reactive ketones (excluding diaryl/α,β-unsaturated/α-hetero) is 1. The van der Waals surface area contributed by atoms with Crippen LogP contribution in [0.1, 0.15) is 108 Å². The van der Waals surface area contributed by atoms with Crippen molar-refractivity contribution in [2.45, 2.75) is 103 Å². The van der Waals surface area contributed by atoms with Gasteiger partial charge >= 0.3 is 0 Å². The number of aromatic nitrogens is 4. The number of halogens is 1. The predicted octanol–water partition coefficient (Wildman–Crippen LogP) is 7.34. The van der Waals surface area contributed by atoms with E-state index in [-0.39, 0.29) is 41.9 Å². The molecule has 0 bridgehead atoms. The van der Waals surface area contributed by atoms with Gasteiger partial charge in [0.2, 0.25) is 5.91 Å². The van der Waals surface area contributed by atoms with Crippen LogP contribution in [0.15, 0.2) is 84.7 Å². The number of nitrogen functional groups attached to an aromatic ring is 1. The molecule has 9 rings (SSSR count). The zero-order chi connectivity index (χ0) is 45.9. The van der Waals surface area contributed by atoms with Crippen molar-refractivity contribution in [3.8, 4) is 11.1 Å². The number of carbonyl (C=O) groups excluding carboxylic acids is 3. The Hall–Kier alpha value is -6.25. The number of piperidine rings is 2. The third-order valence-corrected chi connectivity index (χ3v) is 14.4. The second-order valence-electron chi connectivity index (χ2n) is 18.7. The summed E-state index contributed by atoms with van der Waals surface area (Å²) in [6.45, 7) is 12.8. The zero-order valence-electron chi connectivity index (χ0n) is 38.3. The lowest BCUT2D eigenvalue weighted by molar-refractivity contribution is -0.123. The first-order valence-electron chi connectivity index (χ1n) is 23.6. The number of anilines is 2. The molecule has 3 fully saturated rings. The highest BCUT2D eigenvalue weighted by Gasteiger charge is 2.29. The number of nitrogens with one attached hydrogen (secondary N) is 2. The number of likely N-dealkylation sites (tertiary alicyclic amines) is 2. The normalized spacial score (nSPS) is 19.8. The molecule has 66 heavy (non-hydrogen) atoms. The molecule has 4 aliphatic heterocycles. The van der Waals surface area contributed by atoms with Gasteiger partial charge in [-0.1, -0.05) is 29.8 Å². The molecule has 4 N–H and O–H groups in total. The van der Waals surface area contributed by atoms with E-state index in [0.29, 0.717) is 67.6 Å². The minimum absolute atomic E-state index is 0.000151. The number of hydrogen-bond acceptors (Lipinski definition) is 10. The van der Waals surface area contributed by atoms with Crippen LogP contribution in [0.2, 0.25) is 0 Å². The van der Waals surface area contributed by atoms with Gasteiger partial charge in [-0.25, -0.2) is 9.37 Å². The Kier molecular flexibility index (Phi) is 13.4. The number of benzene rings is 2. The first kappa shape index (κ1) is 44.9. The summed E-state index contributed by atoms with van der Waals surface area (Å²) in [7, 11) is 0. The first-order chi connectivity index (χ1) is 31.9. The molecule has 2 amide bonds. The Morgan fingerprint density at radius 1 is 0.924 bits per heavy atom. The smallest absolute Gasteiger partial charge is 0.254 e. The first-order valence-corrected chi connectivity index (χ1v) is 23.6. The fourth-order valence-corrected chi connectivity index (χ4v) is 10.2. The van der Waals surface area contributed by atoms with Crippen molar-refractivity contribution in [1.82, 2.24) is 39.8 Å². The van der Waals surface area contributed by atoms with Gasteiger partial charge < -0.3 is 21.3 Å². The van der Waals surface area contributed by atoms with Crippen LogP contribution in [-0.2, 0) is 29.2 Å². The van der Waals surface area contributed by atoms with Gasteiger partial charge in [0.15, 0.2) is 5.78 Å². The van der Waals surface area contributed by atoms with Crippen molar-refractivity contribution in [2.24, 2.45) is 0 Å². The maximum atomic E-state index is 15.4. The quantitative estimate of drug-likeness (QED) is 0.123. The summed E-state index contributed by atoms with van der Waals surface area (Å²) in [4.78, 5) is 53.7. The van der Waals surface area contributed by atoms with E-state index in [9.17, 15) is 14.4 Å². The molecule has 0 radical (unpaired) electrons. The van der Waals surface area contributed by atoms with Gasteiger partial charge in [0.05, 0.1) is 31.0 Å². The van der Waals surface area contributed by atoms with E-state index in [1.165, 1.54) is 17.2 Å². The summed E-state index contributed by atoms with van der Waals surface area (Å²) in [5.41, 5.74) is 16.7. The van der Waals surface area contributed by atoms with Crippen LogP contribution in [0.25, 0.3) is 17.2 Å². The van der Waals surface area contributed by atoms with Gasteiger partial charge in [-0.15, -0.1) is 0 Å². The van der Waals surface area contributed by atoms with Crippen LogP contribution in [-0.4, -0.2) is 103 Å². The van der Waals surface area contributed by atoms with E-state index >= 15 is 4.39 Å². The summed E-state index contributed by atoms with van der Waals surface area (Å²) in [6.07, 6.45) is 10.5. The summed E-state index contributed by atoms with van der Waals surface area (Å²) >= 11 is 0. The van der Waals surface area contributed by atoms with Gasteiger partial charge in [0.25, 0.3) is 5.91 Å². The van der Waals surface area contributed by atoms with E-state index in [0.717, 1.165) is 85.6 Å². The number of aryl methyl sites for hydroxylation is 1. The van der Waals surface area contributed by atoms with Crippen molar-refractivity contribution in [3.05, 3.63) is 130 Å². The van der Waals surface area contributed by atoms with E-state index in [1.807, 2.05) is 64.4 Å². The highest BCUT2D eigenvalue weighted by molar-refractivity contribution is 5.94. The summed E-state index contributed by atoms with van der Waals surface area (Å²) in [5, 5.41) is 10.7. The number of fused-ring (bicyclic) bond motifs is 1. The number of pyridine rings is 2. The van der Waals surface area contributed by atoms with Gasteiger partial charge in [-0.05, 0) is 156 Å². The number of nitrogens with zero attached hydrogens (tertiary/aromatic N) is 7. The molecule has 3 aromatic heterocycles. The van der Waals surface area contributed by atoms with Crippen molar-refractivity contribution in [1.29, 1.82) is 0 Å². The highest BCUT2D eigenvalue weighted by Crippen LogP contribution is 2.34. The van der Waals surface area contributed by atoms with Gasteiger partial charge in [-0.2, -0.15) is 5.10 Å². The molecular weight excluding hydrogens is 832 g/mol. The largest absolute Gasteiger partial charge is 0.384 e. The molecule has 344 valence electrons. The molecule has 0 saturated carbocycles. The fraction of sp³-hybridized carbons (Fsp3) is 0.423. The number of rotatable bonds is 11. The second kappa shape index (κ2) is 19.7. The van der Waals surface area contributed by atoms with Crippen molar-refractivity contribution < 1.29 is 18.8 Å². The van der Waals surface area contributed by atoms with Crippen LogP contribution in [0.3, 0.4) is 0 Å². The maximum Gasteiger partial charge on any atom is 0.254 e. The minimum Gasteiger partial charge on any atom is -0.384 e. The molecular formula is C52H61FN10O3. The minimum atomic E-state index is -0.561. The van der Waals surface area contributed by atoms with Crippen LogP contribution >= 0.6 is 0 Å². The topological polar surface area (TPSA) is 155 Å². The Bertz CT molecular complexity index is 2590. The van der Waals surface area contributed by atoms with Crippen LogP contribution < -0.4 is 16.4 Å². The van der Waals surface area contributed by atoms with E-state index in [1.54, 1.807) is 0 Å².